The van der Waals surface area contributed by atoms with Crippen LogP contribution in [0.25, 0.3) is 0 Å². The van der Waals surface area contributed by atoms with Crippen LogP contribution >= 0.6 is 0 Å². The van der Waals surface area contributed by atoms with E-state index in [1.807, 2.05) is 31.2 Å². The van der Waals surface area contributed by atoms with Crippen molar-refractivity contribution in [3.63, 3.8) is 0 Å². The number of rotatable bonds is 3. The average Bonchev–Trinajstić information content (AvgIpc) is 2.38. The van der Waals surface area contributed by atoms with Gasteiger partial charge in [0.1, 0.15) is 17.2 Å². The number of benzene rings is 1. The summed E-state index contributed by atoms with van der Waals surface area (Å²) in [5, 5.41) is 2.56. The monoisotopic (exact) mass is 244 g/mol. The Kier molecular flexibility index (Phi) is 3.77. The summed E-state index contributed by atoms with van der Waals surface area (Å²) in [6.45, 7) is 2.60. The molecule has 0 bridgehead atoms. The van der Waals surface area contributed by atoms with Crippen molar-refractivity contribution in [1.82, 2.24) is 5.32 Å². The van der Waals surface area contributed by atoms with E-state index >= 15 is 0 Å². The quantitative estimate of drug-likeness (QED) is 0.882. The minimum Gasteiger partial charge on any atom is -0.462 e. The molecule has 0 radical (unpaired) electrons. The topological polar surface area (TPSA) is 50.7 Å². The van der Waals surface area contributed by atoms with Crippen LogP contribution in [0.15, 0.2) is 41.1 Å². The molecule has 0 unspecified atom stereocenters. The number of hydrogen-bond acceptors (Lipinski definition) is 3. The molecule has 1 aromatic rings. The Morgan fingerprint density at radius 1 is 1.44 bits per heavy atom. The Bertz CT molecular complexity index is 518. The van der Waals surface area contributed by atoms with Crippen molar-refractivity contribution < 1.29 is 9.53 Å². The molecular formula is C14H16N2O2. The van der Waals surface area contributed by atoms with Crippen molar-refractivity contribution in [2.24, 2.45) is 4.99 Å². The van der Waals surface area contributed by atoms with Gasteiger partial charge in [0.2, 0.25) is 0 Å². The molecule has 0 fully saturated rings. The Morgan fingerprint density at radius 3 is 3.00 bits per heavy atom. The molecule has 1 heterocycles. The number of nitrogens with one attached hydrogen (secondary N) is 1. The third-order valence-electron chi connectivity index (χ3n) is 2.64. The van der Waals surface area contributed by atoms with E-state index in [4.69, 9.17) is 4.74 Å². The molecule has 0 saturated carbocycles. The minimum atomic E-state index is -0.181. The van der Waals surface area contributed by atoms with Crippen molar-refractivity contribution in [1.29, 1.82) is 0 Å². The van der Waals surface area contributed by atoms with E-state index in [9.17, 15) is 4.79 Å². The van der Waals surface area contributed by atoms with Gasteiger partial charge in [-0.25, -0.2) is 0 Å². The zero-order chi connectivity index (χ0) is 13.0. The number of carbonyl (C=O) groups excluding carboxylic acids is 1. The van der Waals surface area contributed by atoms with Gasteiger partial charge >= 0.3 is 0 Å². The largest absolute Gasteiger partial charge is 0.462 e. The minimum absolute atomic E-state index is 0.181. The molecule has 0 atom stereocenters. The van der Waals surface area contributed by atoms with E-state index in [-0.39, 0.29) is 5.91 Å². The van der Waals surface area contributed by atoms with E-state index in [0.29, 0.717) is 18.7 Å². The van der Waals surface area contributed by atoms with E-state index in [0.717, 1.165) is 17.1 Å². The van der Waals surface area contributed by atoms with Crippen LogP contribution in [-0.2, 0) is 4.79 Å². The molecule has 0 saturated heterocycles. The number of aliphatic imine (C=N–C) groups is 1. The lowest BCUT2D eigenvalue weighted by Crippen LogP contribution is -2.28. The Balaban J connectivity index is 2.12. The van der Waals surface area contributed by atoms with Gasteiger partial charge in [0.05, 0.1) is 0 Å². The molecule has 0 aromatic heterocycles. The fraction of sp³-hybridized carbons (Fsp3) is 0.286. The summed E-state index contributed by atoms with van der Waals surface area (Å²) in [5.74, 6) is 1.38. The number of hydrogen-bond donors (Lipinski definition) is 1. The van der Waals surface area contributed by atoms with Crippen molar-refractivity contribution in [3.8, 4) is 5.75 Å². The van der Waals surface area contributed by atoms with Gasteiger partial charge in [0.15, 0.2) is 0 Å². The summed E-state index contributed by atoms with van der Waals surface area (Å²) in [6, 6.07) is 7.83. The summed E-state index contributed by atoms with van der Waals surface area (Å²) in [7, 11) is 1.59. The first kappa shape index (κ1) is 12.4. The van der Waals surface area contributed by atoms with Gasteiger partial charge in [-0.3, -0.25) is 9.79 Å². The average molecular weight is 244 g/mol. The van der Waals surface area contributed by atoms with Crippen LogP contribution < -0.4 is 10.1 Å². The molecule has 0 aliphatic carbocycles. The first-order valence-corrected chi connectivity index (χ1v) is 5.90. The van der Waals surface area contributed by atoms with E-state index in [2.05, 4.69) is 10.3 Å². The highest BCUT2D eigenvalue weighted by Crippen LogP contribution is 2.18. The zero-order valence-electron chi connectivity index (χ0n) is 10.6. The molecule has 2 rings (SSSR count). The SMILES string of the molecule is CNC(=O)C1=NCCC(Oc2cccc(C)c2)=C1. The molecule has 1 N–H and O–H groups in total. The number of nitrogens with zero attached hydrogens (tertiary/aromatic N) is 1. The molecule has 1 aliphatic rings. The highest BCUT2D eigenvalue weighted by atomic mass is 16.5. The Morgan fingerprint density at radius 2 is 2.28 bits per heavy atom. The van der Waals surface area contributed by atoms with Crippen LogP contribution in [0.4, 0.5) is 0 Å². The second-order valence-electron chi connectivity index (χ2n) is 4.13. The molecule has 94 valence electrons. The van der Waals surface area contributed by atoms with E-state index in [1.54, 1.807) is 13.1 Å². The summed E-state index contributed by atoms with van der Waals surface area (Å²) in [6.07, 6.45) is 2.42. The van der Waals surface area contributed by atoms with Gasteiger partial charge in [0.25, 0.3) is 5.91 Å². The maximum Gasteiger partial charge on any atom is 0.269 e. The van der Waals surface area contributed by atoms with Gasteiger partial charge in [-0.2, -0.15) is 0 Å². The normalized spacial score (nSPS) is 14.6. The van der Waals surface area contributed by atoms with E-state index < -0.39 is 0 Å². The molecule has 0 spiro atoms. The van der Waals surface area contributed by atoms with E-state index in [1.165, 1.54) is 0 Å². The van der Waals surface area contributed by atoms with Crippen LogP contribution in [0.5, 0.6) is 5.75 Å². The van der Waals surface area contributed by atoms with Crippen LogP contribution in [0.1, 0.15) is 12.0 Å². The lowest BCUT2D eigenvalue weighted by Gasteiger charge is -2.14. The van der Waals surface area contributed by atoms with Gasteiger partial charge in [-0.15, -0.1) is 0 Å². The van der Waals surface area contributed by atoms with Crippen LogP contribution in [-0.4, -0.2) is 25.2 Å². The van der Waals surface area contributed by atoms with Crippen molar-refractivity contribution >= 4 is 11.6 Å². The number of amides is 1. The smallest absolute Gasteiger partial charge is 0.269 e. The second-order valence-corrected chi connectivity index (χ2v) is 4.13. The van der Waals surface area contributed by atoms with Gasteiger partial charge in [-0.1, -0.05) is 12.1 Å². The summed E-state index contributed by atoms with van der Waals surface area (Å²) < 4.78 is 5.76. The van der Waals surface area contributed by atoms with Crippen molar-refractivity contribution in [2.45, 2.75) is 13.3 Å². The summed E-state index contributed by atoms with van der Waals surface area (Å²) in [5.41, 5.74) is 1.57. The first-order chi connectivity index (χ1) is 8.69. The van der Waals surface area contributed by atoms with Crippen LogP contribution in [0.2, 0.25) is 0 Å². The predicted molar refractivity (Wildman–Crippen MR) is 70.9 cm³/mol. The third kappa shape index (κ3) is 2.97. The van der Waals surface area contributed by atoms with Crippen molar-refractivity contribution in [2.75, 3.05) is 13.6 Å². The Hall–Kier alpha value is -2.10. The van der Waals surface area contributed by atoms with Gasteiger partial charge in [-0.05, 0) is 24.6 Å². The molecule has 1 aliphatic heterocycles. The maximum absolute atomic E-state index is 11.5. The third-order valence-corrected chi connectivity index (χ3v) is 2.64. The highest BCUT2D eigenvalue weighted by Gasteiger charge is 2.14. The number of carbonyl (C=O) groups is 1. The molecule has 4 heteroatoms. The van der Waals surface area contributed by atoms with Crippen LogP contribution in [0.3, 0.4) is 0 Å². The molecule has 1 amide bonds. The predicted octanol–water partition coefficient (Wildman–Crippen LogP) is 1.85. The van der Waals surface area contributed by atoms with Crippen molar-refractivity contribution in [3.05, 3.63) is 41.7 Å². The standard InChI is InChI=1S/C14H16N2O2/c1-10-4-3-5-11(8-10)18-12-6-7-16-13(9-12)14(17)15-2/h3-5,8-9H,6-7H2,1-2H3,(H,15,17). The molecule has 1 aromatic carbocycles. The Labute approximate surface area is 106 Å². The highest BCUT2D eigenvalue weighted by molar-refractivity contribution is 6.43. The summed E-state index contributed by atoms with van der Waals surface area (Å²) >= 11 is 0. The van der Waals surface area contributed by atoms with Crippen LogP contribution in [0, 0.1) is 6.92 Å². The lowest BCUT2D eigenvalue weighted by molar-refractivity contribution is -0.114. The summed E-state index contributed by atoms with van der Waals surface area (Å²) in [4.78, 5) is 15.6. The lowest BCUT2D eigenvalue weighted by atomic mass is 10.2. The number of ether oxygens (including phenoxy) is 1. The molecular weight excluding hydrogens is 228 g/mol. The molecule has 4 nitrogen and oxygen atoms in total. The van der Waals surface area contributed by atoms with Gasteiger partial charge in [0, 0.05) is 26.1 Å². The van der Waals surface area contributed by atoms with Gasteiger partial charge < -0.3 is 10.1 Å². The number of dihydropyridines is 1. The molecule has 18 heavy (non-hydrogen) atoms. The fourth-order valence-corrected chi connectivity index (χ4v) is 1.73. The maximum atomic E-state index is 11.5. The number of aryl methyl sites for hydroxylation is 1. The zero-order valence-corrected chi connectivity index (χ0v) is 10.6. The fourth-order valence-electron chi connectivity index (χ4n) is 1.73. The second kappa shape index (κ2) is 5.49. The first-order valence-electron chi connectivity index (χ1n) is 5.90.